The molecule has 0 amide bonds. The Kier molecular flexibility index (Phi) is 5.63. The molecule has 1 aromatic carbocycles. The fourth-order valence-electron chi connectivity index (χ4n) is 3.87. The summed E-state index contributed by atoms with van der Waals surface area (Å²) in [5.74, 6) is 1.30. The maximum atomic E-state index is 12.6. The monoisotopic (exact) mass is 413 g/mol. The van der Waals surface area contributed by atoms with Crippen LogP contribution in [0.4, 0.5) is 5.95 Å². The Hall–Kier alpha value is -3.07. The number of aromatic nitrogens is 4. The second-order valence-electron chi connectivity index (χ2n) is 7.67. The van der Waals surface area contributed by atoms with E-state index in [4.69, 9.17) is 4.74 Å². The third-order valence-electron chi connectivity index (χ3n) is 5.52. The molecule has 2 aromatic heterocycles. The van der Waals surface area contributed by atoms with Crippen molar-refractivity contribution in [1.82, 2.24) is 19.1 Å². The number of aryl methyl sites for hydroxylation is 2. The lowest BCUT2D eigenvalue weighted by atomic mass is 10.2. The number of nitrogens with zero attached hydrogens (tertiary/aromatic N) is 4. The summed E-state index contributed by atoms with van der Waals surface area (Å²) < 4.78 is 8.80. The van der Waals surface area contributed by atoms with Crippen molar-refractivity contribution >= 4 is 17.1 Å². The van der Waals surface area contributed by atoms with Gasteiger partial charge in [-0.1, -0.05) is 19.1 Å². The molecule has 1 aliphatic heterocycles. The Morgan fingerprint density at radius 2 is 2.03 bits per heavy atom. The van der Waals surface area contributed by atoms with Crippen molar-refractivity contribution in [3.8, 4) is 5.75 Å². The van der Waals surface area contributed by atoms with Gasteiger partial charge in [-0.15, -0.1) is 0 Å². The van der Waals surface area contributed by atoms with E-state index >= 15 is 0 Å². The van der Waals surface area contributed by atoms with Gasteiger partial charge in [-0.05, 0) is 37.0 Å². The van der Waals surface area contributed by atoms with Crippen LogP contribution >= 0.6 is 0 Å². The number of rotatable bonds is 7. The minimum absolute atomic E-state index is 0.0793. The van der Waals surface area contributed by atoms with Crippen LogP contribution in [0.2, 0.25) is 0 Å². The number of benzene rings is 1. The van der Waals surface area contributed by atoms with E-state index in [1.165, 1.54) is 4.57 Å². The largest absolute Gasteiger partial charge is 0.491 e. The molecule has 1 saturated heterocycles. The smallest absolute Gasteiger partial charge is 0.329 e. The Labute approximate surface area is 173 Å². The summed E-state index contributed by atoms with van der Waals surface area (Å²) in [5.41, 5.74) is 0.742. The SMILES string of the molecule is CCc1cccc(OC[C@@H](O)Cn2c(N3CCCC3)nc3c2c(=O)[nH]c(=O)n3C)c1. The summed E-state index contributed by atoms with van der Waals surface area (Å²) in [6, 6.07) is 7.76. The van der Waals surface area contributed by atoms with E-state index in [0.29, 0.717) is 17.3 Å². The summed E-state index contributed by atoms with van der Waals surface area (Å²) >= 11 is 0. The highest BCUT2D eigenvalue weighted by Crippen LogP contribution is 2.24. The van der Waals surface area contributed by atoms with E-state index in [2.05, 4.69) is 21.8 Å². The number of nitrogens with one attached hydrogen (secondary N) is 1. The van der Waals surface area contributed by atoms with Crippen LogP contribution < -0.4 is 20.9 Å². The first-order chi connectivity index (χ1) is 14.5. The Morgan fingerprint density at radius 3 is 2.77 bits per heavy atom. The number of aliphatic hydroxyl groups is 1. The molecule has 160 valence electrons. The number of hydrogen-bond acceptors (Lipinski definition) is 6. The molecule has 30 heavy (non-hydrogen) atoms. The van der Waals surface area contributed by atoms with Crippen molar-refractivity contribution in [2.75, 3.05) is 24.6 Å². The summed E-state index contributed by atoms with van der Waals surface area (Å²) in [6.45, 7) is 3.94. The lowest BCUT2D eigenvalue weighted by Crippen LogP contribution is -2.31. The van der Waals surface area contributed by atoms with E-state index in [0.717, 1.165) is 37.9 Å². The van der Waals surface area contributed by atoms with Crippen molar-refractivity contribution in [3.05, 3.63) is 50.7 Å². The molecule has 0 bridgehead atoms. The molecule has 1 fully saturated rings. The molecule has 9 heteroatoms. The topological polar surface area (TPSA) is 105 Å². The fourth-order valence-corrected chi connectivity index (χ4v) is 3.87. The zero-order chi connectivity index (χ0) is 21.3. The van der Waals surface area contributed by atoms with Gasteiger partial charge < -0.3 is 19.3 Å². The van der Waals surface area contributed by atoms with Gasteiger partial charge in [0.2, 0.25) is 5.95 Å². The molecular weight excluding hydrogens is 386 g/mol. The number of fused-ring (bicyclic) bond motifs is 1. The number of imidazole rings is 1. The fraction of sp³-hybridized carbons (Fsp3) is 0.476. The van der Waals surface area contributed by atoms with Crippen molar-refractivity contribution in [1.29, 1.82) is 0 Å². The van der Waals surface area contributed by atoms with Crippen LogP contribution in [-0.2, 0) is 20.0 Å². The zero-order valence-electron chi connectivity index (χ0n) is 17.3. The average Bonchev–Trinajstić information content (AvgIpc) is 3.39. The third-order valence-corrected chi connectivity index (χ3v) is 5.52. The lowest BCUT2D eigenvalue weighted by molar-refractivity contribution is 0.0936. The predicted molar refractivity (Wildman–Crippen MR) is 114 cm³/mol. The molecule has 1 atom stereocenters. The van der Waals surface area contributed by atoms with Crippen LogP contribution in [0.1, 0.15) is 25.3 Å². The van der Waals surface area contributed by atoms with Crippen LogP contribution in [0.5, 0.6) is 5.75 Å². The number of ether oxygens (including phenoxy) is 1. The first kappa shape index (κ1) is 20.2. The molecule has 0 spiro atoms. The molecular formula is C21H27N5O4. The van der Waals surface area contributed by atoms with E-state index < -0.39 is 17.4 Å². The summed E-state index contributed by atoms with van der Waals surface area (Å²) in [4.78, 5) is 33.6. The van der Waals surface area contributed by atoms with E-state index in [1.54, 1.807) is 11.6 Å². The number of aromatic amines is 1. The standard InChI is InChI=1S/C21H27N5O4/c1-3-14-7-6-8-16(11-14)30-13-15(27)12-26-17-18(24(2)21(29)23-19(17)28)22-20(26)25-9-4-5-10-25/h6-8,11,15,27H,3-5,9-10,12-13H2,1-2H3,(H,23,28,29)/t15-/m0/s1. The highest BCUT2D eigenvalue weighted by molar-refractivity contribution is 5.74. The maximum Gasteiger partial charge on any atom is 0.329 e. The Balaban J connectivity index is 1.63. The normalized spacial score (nSPS) is 15.1. The Bertz CT molecular complexity index is 1160. The number of H-pyrrole nitrogens is 1. The number of anilines is 1. The summed E-state index contributed by atoms with van der Waals surface area (Å²) in [7, 11) is 1.58. The molecule has 2 N–H and O–H groups in total. The number of aliphatic hydroxyl groups excluding tert-OH is 1. The van der Waals surface area contributed by atoms with Crippen molar-refractivity contribution in [2.24, 2.45) is 7.05 Å². The highest BCUT2D eigenvalue weighted by Gasteiger charge is 2.25. The first-order valence-corrected chi connectivity index (χ1v) is 10.3. The van der Waals surface area contributed by atoms with Gasteiger partial charge in [-0.25, -0.2) is 4.79 Å². The van der Waals surface area contributed by atoms with Gasteiger partial charge in [0.1, 0.15) is 18.5 Å². The van der Waals surface area contributed by atoms with E-state index in [-0.39, 0.29) is 18.7 Å². The van der Waals surface area contributed by atoms with Crippen molar-refractivity contribution in [3.63, 3.8) is 0 Å². The van der Waals surface area contributed by atoms with Crippen molar-refractivity contribution < 1.29 is 9.84 Å². The molecule has 3 aromatic rings. The summed E-state index contributed by atoms with van der Waals surface area (Å²) in [5, 5.41) is 10.7. The second kappa shape index (κ2) is 8.35. The quantitative estimate of drug-likeness (QED) is 0.599. The highest BCUT2D eigenvalue weighted by atomic mass is 16.5. The minimum Gasteiger partial charge on any atom is -0.491 e. The van der Waals surface area contributed by atoms with Gasteiger partial charge in [0.15, 0.2) is 11.2 Å². The van der Waals surface area contributed by atoms with Gasteiger partial charge in [0.05, 0.1) is 6.54 Å². The Morgan fingerprint density at radius 1 is 1.27 bits per heavy atom. The van der Waals surface area contributed by atoms with Gasteiger partial charge in [-0.2, -0.15) is 4.98 Å². The number of hydrogen-bond donors (Lipinski definition) is 2. The maximum absolute atomic E-state index is 12.6. The van der Waals surface area contributed by atoms with Crippen LogP contribution in [0, 0.1) is 0 Å². The van der Waals surface area contributed by atoms with Crippen molar-refractivity contribution in [2.45, 2.75) is 38.8 Å². The second-order valence-corrected chi connectivity index (χ2v) is 7.67. The molecule has 0 unspecified atom stereocenters. The van der Waals surface area contributed by atoms with Gasteiger partial charge >= 0.3 is 5.69 Å². The predicted octanol–water partition coefficient (Wildman–Crippen LogP) is 1.03. The van der Waals surface area contributed by atoms with E-state index in [9.17, 15) is 14.7 Å². The molecule has 0 aliphatic carbocycles. The third kappa shape index (κ3) is 3.85. The van der Waals surface area contributed by atoms with Gasteiger partial charge in [-0.3, -0.25) is 14.3 Å². The van der Waals surface area contributed by atoms with Crippen LogP contribution in [0.25, 0.3) is 11.2 Å². The average molecular weight is 413 g/mol. The molecule has 1 aliphatic rings. The molecule has 0 radical (unpaired) electrons. The lowest BCUT2D eigenvalue weighted by Gasteiger charge is -2.20. The molecule has 4 rings (SSSR count). The van der Waals surface area contributed by atoms with Crippen LogP contribution in [-0.4, -0.2) is 50.0 Å². The summed E-state index contributed by atoms with van der Waals surface area (Å²) in [6.07, 6.45) is 2.13. The van der Waals surface area contributed by atoms with Gasteiger partial charge in [0, 0.05) is 20.1 Å². The van der Waals surface area contributed by atoms with Gasteiger partial charge in [0.25, 0.3) is 5.56 Å². The first-order valence-electron chi connectivity index (χ1n) is 10.3. The minimum atomic E-state index is -0.856. The molecule has 3 heterocycles. The zero-order valence-corrected chi connectivity index (χ0v) is 17.3. The molecule has 9 nitrogen and oxygen atoms in total. The molecule has 0 saturated carbocycles. The van der Waals surface area contributed by atoms with Crippen LogP contribution in [0.3, 0.4) is 0 Å². The van der Waals surface area contributed by atoms with Crippen LogP contribution in [0.15, 0.2) is 33.9 Å². The van der Waals surface area contributed by atoms with E-state index in [1.807, 2.05) is 24.3 Å².